The fourth-order valence-electron chi connectivity index (χ4n) is 2.42. The molecule has 3 atom stereocenters. The van der Waals surface area contributed by atoms with Gasteiger partial charge in [0.2, 0.25) is 5.91 Å². The van der Waals surface area contributed by atoms with E-state index in [-0.39, 0.29) is 17.3 Å². The number of aliphatic hydroxyl groups is 1. The number of rotatable bonds is 4. The zero-order valence-electron chi connectivity index (χ0n) is 12.2. The van der Waals surface area contributed by atoms with Gasteiger partial charge in [-0.25, -0.2) is 0 Å². The minimum Gasteiger partial charge on any atom is -0.391 e. The highest BCUT2D eigenvalue weighted by Crippen LogP contribution is 2.28. The SMILES string of the molecule is CCC(Sc1ccccc1)C(=O)N1CCC(C)C(O)C1. The number of likely N-dealkylation sites (tertiary alicyclic amines) is 1. The van der Waals surface area contributed by atoms with Crippen LogP contribution in [0.25, 0.3) is 0 Å². The first kappa shape index (κ1) is 15.4. The predicted molar refractivity (Wildman–Crippen MR) is 82.7 cm³/mol. The molecule has 0 radical (unpaired) electrons. The van der Waals surface area contributed by atoms with Crippen molar-refractivity contribution >= 4 is 17.7 Å². The van der Waals surface area contributed by atoms with E-state index in [4.69, 9.17) is 0 Å². The molecule has 3 unspecified atom stereocenters. The lowest BCUT2D eigenvalue weighted by Crippen LogP contribution is -2.48. The number of carbonyl (C=O) groups is 1. The van der Waals surface area contributed by atoms with Crippen LogP contribution < -0.4 is 0 Å². The molecule has 2 rings (SSSR count). The molecule has 4 heteroatoms. The molecule has 0 saturated carbocycles. The molecule has 1 heterocycles. The quantitative estimate of drug-likeness (QED) is 0.868. The number of piperidine rings is 1. The summed E-state index contributed by atoms with van der Waals surface area (Å²) in [4.78, 5) is 15.5. The monoisotopic (exact) mass is 293 g/mol. The maximum Gasteiger partial charge on any atom is 0.236 e. The van der Waals surface area contributed by atoms with E-state index in [0.717, 1.165) is 24.3 Å². The molecule has 1 N–H and O–H groups in total. The van der Waals surface area contributed by atoms with Crippen molar-refractivity contribution in [2.24, 2.45) is 5.92 Å². The lowest BCUT2D eigenvalue weighted by Gasteiger charge is -2.36. The minimum absolute atomic E-state index is 0.0574. The molecule has 1 aromatic carbocycles. The molecular formula is C16H23NO2S. The summed E-state index contributed by atoms with van der Waals surface area (Å²) >= 11 is 1.62. The Hall–Kier alpha value is -1.00. The van der Waals surface area contributed by atoms with Gasteiger partial charge in [-0.15, -0.1) is 11.8 Å². The van der Waals surface area contributed by atoms with Crippen LogP contribution in [0.3, 0.4) is 0 Å². The number of hydrogen-bond acceptors (Lipinski definition) is 3. The Morgan fingerprint density at radius 3 is 2.75 bits per heavy atom. The molecule has 1 saturated heterocycles. The Labute approximate surface area is 125 Å². The summed E-state index contributed by atoms with van der Waals surface area (Å²) in [6.45, 7) is 5.33. The number of benzene rings is 1. The van der Waals surface area contributed by atoms with Gasteiger partial charge in [0.1, 0.15) is 0 Å². The molecule has 0 spiro atoms. The molecule has 1 fully saturated rings. The normalized spacial score (nSPS) is 24.4. The molecule has 1 amide bonds. The molecule has 20 heavy (non-hydrogen) atoms. The Bertz CT molecular complexity index is 437. The fourth-order valence-corrected chi connectivity index (χ4v) is 3.48. The summed E-state index contributed by atoms with van der Waals surface area (Å²) in [5, 5.41) is 9.88. The number of thioether (sulfide) groups is 1. The van der Waals surface area contributed by atoms with Crippen LogP contribution in [0.15, 0.2) is 35.2 Å². The zero-order valence-corrected chi connectivity index (χ0v) is 13.0. The lowest BCUT2D eigenvalue weighted by atomic mass is 9.96. The molecule has 0 aliphatic carbocycles. The van der Waals surface area contributed by atoms with E-state index < -0.39 is 0 Å². The fraction of sp³-hybridized carbons (Fsp3) is 0.562. The van der Waals surface area contributed by atoms with Crippen molar-refractivity contribution in [1.82, 2.24) is 4.90 Å². The van der Waals surface area contributed by atoms with E-state index in [1.807, 2.05) is 49.1 Å². The number of carbonyl (C=O) groups excluding carboxylic acids is 1. The van der Waals surface area contributed by atoms with E-state index in [1.165, 1.54) is 0 Å². The smallest absolute Gasteiger partial charge is 0.236 e. The average molecular weight is 293 g/mol. The lowest BCUT2D eigenvalue weighted by molar-refractivity contribution is -0.134. The van der Waals surface area contributed by atoms with Crippen molar-refractivity contribution in [2.45, 2.75) is 42.9 Å². The van der Waals surface area contributed by atoms with Crippen molar-refractivity contribution in [3.63, 3.8) is 0 Å². The standard InChI is InChI=1S/C16H23NO2S/c1-3-15(20-13-7-5-4-6-8-13)16(19)17-10-9-12(2)14(18)11-17/h4-8,12,14-15,18H,3,9-11H2,1-2H3. The van der Waals surface area contributed by atoms with Crippen molar-refractivity contribution in [3.8, 4) is 0 Å². The largest absolute Gasteiger partial charge is 0.391 e. The van der Waals surface area contributed by atoms with Crippen LogP contribution in [-0.4, -0.2) is 40.4 Å². The third kappa shape index (κ3) is 3.76. The highest BCUT2D eigenvalue weighted by Gasteiger charge is 2.30. The van der Waals surface area contributed by atoms with Gasteiger partial charge in [0.15, 0.2) is 0 Å². The molecular weight excluding hydrogens is 270 g/mol. The third-order valence-electron chi connectivity index (χ3n) is 3.90. The Morgan fingerprint density at radius 2 is 2.15 bits per heavy atom. The summed E-state index contributed by atoms with van der Waals surface area (Å²) in [6.07, 6.45) is 1.31. The summed E-state index contributed by atoms with van der Waals surface area (Å²) < 4.78 is 0. The van der Waals surface area contributed by atoms with Crippen LogP contribution in [0.4, 0.5) is 0 Å². The minimum atomic E-state index is -0.382. The van der Waals surface area contributed by atoms with Crippen LogP contribution in [0.1, 0.15) is 26.7 Å². The summed E-state index contributed by atoms with van der Waals surface area (Å²) in [5.74, 6) is 0.452. The summed E-state index contributed by atoms with van der Waals surface area (Å²) in [5.41, 5.74) is 0. The van der Waals surface area contributed by atoms with Gasteiger partial charge in [-0.1, -0.05) is 32.0 Å². The predicted octanol–water partition coefficient (Wildman–Crippen LogP) is 2.79. The topological polar surface area (TPSA) is 40.5 Å². The first-order valence-electron chi connectivity index (χ1n) is 7.30. The third-order valence-corrected chi connectivity index (χ3v) is 5.26. The second-order valence-electron chi connectivity index (χ2n) is 5.45. The van der Waals surface area contributed by atoms with E-state index in [1.54, 1.807) is 11.8 Å². The molecule has 1 aromatic rings. The maximum absolute atomic E-state index is 12.6. The van der Waals surface area contributed by atoms with Gasteiger partial charge in [-0.05, 0) is 30.9 Å². The molecule has 1 aliphatic rings. The van der Waals surface area contributed by atoms with Crippen LogP contribution in [0.2, 0.25) is 0 Å². The summed E-state index contributed by atoms with van der Waals surface area (Å²) in [6, 6.07) is 10.0. The van der Waals surface area contributed by atoms with Crippen molar-refractivity contribution in [2.75, 3.05) is 13.1 Å². The number of β-amino-alcohol motifs (C(OH)–C–C–N with tert-alkyl or cyclic N) is 1. The van der Waals surface area contributed by atoms with Crippen molar-refractivity contribution in [3.05, 3.63) is 30.3 Å². The average Bonchev–Trinajstić information content (AvgIpc) is 2.48. The molecule has 1 aliphatic heterocycles. The summed E-state index contributed by atoms with van der Waals surface area (Å²) in [7, 11) is 0. The zero-order chi connectivity index (χ0) is 14.5. The first-order valence-corrected chi connectivity index (χ1v) is 8.18. The van der Waals surface area contributed by atoms with Gasteiger partial charge in [0, 0.05) is 18.0 Å². The van der Waals surface area contributed by atoms with E-state index >= 15 is 0 Å². The number of hydrogen-bond donors (Lipinski definition) is 1. The Kier molecular flexibility index (Phi) is 5.49. The Morgan fingerprint density at radius 1 is 1.45 bits per heavy atom. The van der Waals surface area contributed by atoms with Gasteiger partial charge < -0.3 is 10.0 Å². The highest BCUT2D eigenvalue weighted by molar-refractivity contribution is 8.00. The van der Waals surface area contributed by atoms with Crippen LogP contribution in [-0.2, 0) is 4.79 Å². The van der Waals surface area contributed by atoms with Crippen LogP contribution in [0, 0.1) is 5.92 Å². The number of aliphatic hydroxyl groups excluding tert-OH is 1. The van der Waals surface area contributed by atoms with E-state index in [0.29, 0.717) is 12.5 Å². The molecule has 3 nitrogen and oxygen atoms in total. The van der Waals surface area contributed by atoms with Gasteiger partial charge in [0.05, 0.1) is 11.4 Å². The van der Waals surface area contributed by atoms with Crippen molar-refractivity contribution in [1.29, 1.82) is 0 Å². The van der Waals surface area contributed by atoms with Gasteiger partial charge >= 0.3 is 0 Å². The molecule has 0 bridgehead atoms. The Balaban J connectivity index is 1.99. The molecule has 110 valence electrons. The van der Waals surface area contributed by atoms with Gasteiger partial charge in [-0.2, -0.15) is 0 Å². The maximum atomic E-state index is 12.6. The van der Waals surface area contributed by atoms with Gasteiger partial charge in [0.25, 0.3) is 0 Å². The first-order chi connectivity index (χ1) is 9.61. The van der Waals surface area contributed by atoms with E-state index in [2.05, 4.69) is 0 Å². The molecule has 0 aromatic heterocycles. The number of nitrogens with zero attached hydrogens (tertiary/aromatic N) is 1. The highest BCUT2D eigenvalue weighted by atomic mass is 32.2. The van der Waals surface area contributed by atoms with Gasteiger partial charge in [-0.3, -0.25) is 4.79 Å². The van der Waals surface area contributed by atoms with Crippen LogP contribution >= 0.6 is 11.8 Å². The van der Waals surface area contributed by atoms with E-state index in [9.17, 15) is 9.90 Å². The second-order valence-corrected chi connectivity index (χ2v) is 6.72. The van der Waals surface area contributed by atoms with Crippen LogP contribution in [0.5, 0.6) is 0 Å². The second kappa shape index (κ2) is 7.14. The number of amides is 1. The van der Waals surface area contributed by atoms with Crippen molar-refractivity contribution < 1.29 is 9.90 Å².